The Hall–Kier alpha value is -1.95. The predicted octanol–water partition coefficient (Wildman–Crippen LogP) is 3.89. The summed E-state index contributed by atoms with van der Waals surface area (Å²) in [5.74, 6) is -4.70. The quantitative estimate of drug-likeness (QED) is 0.845. The average Bonchev–Trinajstić information content (AvgIpc) is 2.39. The van der Waals surface area contributed by atoms with Crippen LogP contribution in [0.15, 0.2) is 30.3 Å². The molecule has 0 aliphatic carbocycles. The smallest absolute Gasteiger partial charge is 0.133 e. The first-order valence-electron chi connectivity index (χ1n) is 6.18. The number of likely N-dealkylation sites (N-methyl/N-ethyl adjacent to an activating group) is 1. The molecule has 1 atom stereocenters. The second kappa shape index (κ2) is 6.22. The maximum absolute atomic E-state index is 13.7. The average molecular weight is 301 g/mol. The lowest BCUT2D eigenvalue weighted by atomic mass is 9.97. The molecule has 112 valence electrons. The molecule has 0 radical (unpaired) electrons. The molecule has 2 aromatic rings. The monoisotopic (exact) mass is 301 g/mol. The molecule has 0 bridgehead atoms. The third kappa shape index (κ3) is 3.39. The van der Waals surface area contributed by atoms with Gasteiger partial charge in [-0.1, -0.05) is 6.07 Å². The molecule has 1 unspecified atom stereocenters. The highest BCUT2D eigenvalue weighted by Gasteiger charge is 2.21. The molecule has 21 heavy (non-hydrogen) atoms. The molecule has 0 saturated heterocycles. The van der Waals surface area contributed by atoms with E-state index in [1.165, 1.54) is 13.1 Å². The minimum Gasteiger partial charge on any atom is -0.313 e. The summed E-state index contributed by atoms with van der Waals surface area (Å²) in [5, 5.41) is 2.65. The van der Waals surface area contributed by atoms with Crippen LogP contribution in [0.4, 0.5) is 22.0 Å². The first-order chi connectivity index (χ1) is 9.92. The second-order valence-corrected chi connectivity index (χ2v) is 4.56. The Labute approximate surface area is 118 Å². The third-order valence-corrected chi connectivity index (χ3v) is 3.18. The van der Waals surface area contributed by atoms with E-state index < -0.39 is 35.1 Å². The van der Waals surface area contributed by atoms with E-state index in [1.54, 1.807) is 0 Å². The van der Waals surface area contributed by atoms with Crippen LogP contribution >= 0.6 is 0 Å². The van der Waals surface area contributed by atoms with E-state index >= 15 is 0 Å². The van der Waals surface area contributed by atoms with Gasteiger partial charge in [0.15, 0.2) is 0 Å². The van der Waals surface area contributed by atoms with Gasteiger partial charge in [-0.05, 0) is 25.1 Å². The molecule has 0 aromatic heterocycles. The fraction of sp³-hybridized carbons (Fsp3) is 0.200. The Morgan fingerprint density at radius 3 is 1.95 bits per heavy atom. The zero-order valence-electron chi connectivity index (χ0n) is 11.1. The molecule has 1 nitrogen and oxygen atoms in total. The molecule has 0 heterocycles. The van der Waals surface area contributed by atoms with Crippen molar-refractivity contribution in [1.29, 1.82) is 0 Å². The molecule has 2 aromatic carbocycles. The van der Waals surface area contributed by atoms with Gasteiger partial charge in [-0.2, -0.15) is 0 Å². The van der Waals surface area contributed by atoms with Crippen molar-refractivity contribution in [2.24, 2.45) is 0 Å². The molecule has 0 aliphatic rings. The van der Waals surface area contributed by atoms with E-state index in [0.717, 1.165) is 6.07 Å². The lowest BCUT2D eigenvalue weighted by molar-refractivity contribution is 0.468. The zero-order chi connectivity index (χ0) is 15.6. The second-order valence-electron chi connectivity index (χ2n) is 4.56. The molecule has 0 aliphatic heterocycles. The number of rotatable bonds is 4. The van der Waals surface area contributed by atoms with Gasteiger partial charge in [0.25, 0.3) is 0 Å². The zero-order valence-corrected chi connectivity index (χ0v) is 11.1. The molecule has 0 amide bonds. The normalized spacial score (nSPS) is 12.5. The fourth-order valence-corrected chi connectivity index (χ4v) is 2.14. The van der Waals surface area contributed by atoms with Crippen molar-refractivity contribution in [3.05, 3.63) is 70.5 Å². The van der Waals surface area contributed by atoms with E-state index in [-0.39, 0.29) is 17.5 Å². The summed E-state index contributed by atoms with van der Waals surface area (Å²) in [4.78, 5) is 0. The molecule has 0 saturated carbocycles. The summed E-state index contributed by atoms with van der Waals surface area (Å²) in [6.07, 6.45) is -0.109. The van der Waals surface area contributed by atoms with E-state index in [2.05, 4.69) is 5.32 Å². The van der Waals surface area contributed by atoms with Gasteiger partial charge in [-0.15, -0.1) is 0 Å². The van der Waals surface area contributed by atoms with Crippen LogP contribution in [-0.4, -0.2) is 7.05 Å². The summed E-state index contributed by atoms with van der Waals surface area (Å²) in [5.41, 5.74) is -0.290. The summed E-state index contributed by atoms with van der Waals surface area (Å²) >= 11 is 0. The molecule has 0 fully saturated rings. The Kier molecular flexibility index (Phi) is 4.57. The van der Waals surface area contributed by atoms with E-state index in [0.29, 0.717) is 18.2 Å². The van der Waals surface area contributed by atoms with Gasteiger partial charge in [0.05, 0.1) is 0 Å². The highest BCUT2D eigenvalue weighted by Crippen LogP contribution is 2.26. The number of nitrogens with one attached hydrogen (secondary N) is 1. The largest absolute Gasteiger partial charge is 0.313 e. The summed E-state index contributed by atoms with van der Waals surface area (Å²) in [6, 6.07) is 3.16. The highest BCUT2D eigenvalue weighted by atomic mass is 19.2. The van der Waals surface area contributed by atoms with E-state index in [1.807, 2.05) is 0 Å². The van der Waals surface area contributed by atoms with Gasteiger partial charge in [0.2, 0.25) is 0 Å². The molecule has 6 heteroatoms. The van der Waals surface area contributed by atoms with Crippen LogP contribution < -0.4 is 5.32 Å². The van der Waals surface area contributed by atoms with Crippen molar-refractivity contribution in [1.82, 2.24) is 5.32 Å². The molecular formula is C15H12F5N. The first kappa shape index (κ1) is 15.4. The predicted molar refractivity (Wildman–Crippen MR) is 68.2 cm³/mol. The van der Waals surface area contributed by atoms with Crippen LogP contribution in [0.3, 0.4) is 0 Å². The van der Waals surface area contributed by atoms with Gasteiger partial charge >= 0.3 is 0 Å². The summed E-state index contributed by atoms with van der Waals surface area (Å²) < 4.78 is 66.9. The molecule has 0 spiro atoms. The Morgan fingerprint density at radius 2 is 1.43 bits per heavy atom. The minimum absolute atomic E-state index is 0.0962. The van der Waals surface area contributed by atoms with Gasteiger partial charge in [0.1, 0.15) is 29.1 Å². The topological polar surface area (TPSA) is 12.0 Å². The van der Waals surface area contributed by atoms with Crippen molar-refractivity contribution in [2.75, 3.05) is 7.05 Å². The Balaban J connectivity index is 2.37. The van der Waals surface area contributed by atoms with Crippen LogP contribution in [-0.2, 0) is 6.42 Å². The highest BCUT2D eigenvalue weighted by molar-refractivity contribution is 5.28. The maximum atomic E-state index is 13.7. The maximum Gasteiger partial charge on any atom is 0.133 e. The van der Waals surface area contributed by atoms with Crippen LogP contribution in [0, 0.1) is 29.1 Å². The fourth-order valence-electron chi connectivity index (χ4n) is 2.14. The Morgan fingerprint density at radius 1 is 0.857 bits per heavy atom. The van der Waals surface area contributed by atoms with Crippen molar-refractivity contribution < 1.29 is 22.0 Å². The third-order valence-electron chi connectivity index (χ3n) is 3.18. The number of hydrogen-bond donors (Lipinski definition) is 1. The lowest BCUT2D eigenvalue weighted by Crippen LogP contribution is -2.22. The van der Waals surface area contributed by atoms with Crippen molar-refractivity contribution in [2.45, 2.75) is 12.5 Å². The van der Waals surface area contributed by atoms with E-state index in [9.17, 15) is 22.0 Å². The standard InChI is InChI=1S/C15H12F5N/c1-21-14(4-8-2-3-9(16)5-11(8)18)15-12(19)6-10(17)7-13(15)20/h2-3,5-7,14,21H,4H2,1H3. The molecule has 1 N–H and O–H groups in total. The SMILES string of the molecule is CNC(Cc1ccc(F)cc1F)c1c(F)cc(F)cc1F. The number of benzene rings is 2. The number of halogens is 5. The van der Waals surface area contributed by atoms with Gasteiger partial charge in [0, 0.05) is 29.8 Å². The van der Waals surface area contributed by atoms with Gasteiger partial charge in [-0.25, -0.2) is 22.0 Å². The minimum atomic E-state index is -1.06. The van der Waals surface area contributed by atoms with Crippen LogP contribution in [0.1, 0.15) is 17.2 Å². The van der Waals surface area contributed by atoms with Crippen LogP contribution in [0.25, 0.3) is 0 Å². The first-order valence-corrected chi connectivity index (χ1v) is 6.18. The van der Waals surface area contributed by atoms with Crippen molar-refractivity contribution in [3.63, 3.8) is 0 Å². The van der Waals surface area contributed by atoms with Gasteiger partial charge in [-0.3, -0.25) is 0 Å². The van der Waals surface area contributed by atoms with Crippen molar-refractivity contribution >= 4 is 0 Å². The van der Waals surface area contributed by atoms with E-state index in [4.69, 9.17) is 0 Å². The molecular weight excluding hydrogens is 289 g/mol. The Bertz CT molecular complexity index is 634. The summed E-state index contributed by atoms with van der Waals surface area (Å²) in [6.45, 7) is 0. The number of hydrogen-bond acceptors (Lipinski definition) is 1. The summed E-state index contributed by atoms with van der Waals surface area (Å²) in [7, 11) is 1.44. The van der Waals surface area contributed by atoms with Crippen LogP contribution in [0.2, 0.25) is 0 Å². The molecule has 2 rings (SSSR count). The lowest BCUT2D eigenvalue weighted by Gasteiger charge is -2.18. The van der Waals surface area contributed by atoms with Gasteiger partial charge < -0.3 is 5.32 Å². The van der Waals surface area contributed by atoms with Crippen LogP contribution in [0.5, 0.6) is 0 Å². The van der Waals surface area contributed by atoms with Crippen molar-refractivity contribution in [3.8, 4) is 0 Å².